The Morgan fingerprint density at radius 1 is 1.16 bits per heavy atom. The third kappa shape index (κ3) is 2.42. The molecule has 2 heterocycles. The van der Waals surface area contributed by atoms with Gasteiger partial charge < -0.3 is 4.90 Å². The van der Waals surface area contributed by atoms with Crippen molar-refractivity contribution in [2.24, 2.45) is 11.8 Å². The zero-order chi connectivity index (χ0) is 13.4. The molecule has 104 valence electrons. The number of fused-ring (bicyclic) bond motifs is 2. The van der Waals surface area contributed by atoms with Crippen molar-refractivity contribution < 1.29 is 0 Å². The summed E-state index contributed by atoms with van der Waals surface area (Å²) in [6.07, 6.45) is 5.27. The molecule has 0 radical (unpaired) electrons. The van der Waals surface area contributed by atoms with Gasteiger partial charge in [-0.1, -0.05) is 29.8 Å². The average molecular weight is 259 g/mol. The lowest BCUT2D eigenvalue weighted by molar-refractivity contribution is 0.112. The summed E-state index contributed by atoms with van der Waals surface area (Å²) in [5.41, 5.74) is 5.72. The predicted molar refractivity (Wildman–Crippen MR) is 78.5 cm³/mol. The summed E-state index contributed by atoms with van der Waals surface area (Å²) in [4.78, 5) is 2.58. The molecule has 0 aliphatic carbocycles. The first kappa shape index (κ1) is 13.1. The van der Waals surface area contributed by atoms with E-state index in [1.165, 1.54) is 36.8 Å². The molecule has 2 aliphatic rings. The molecule has 0 aromatic heterocycles. The van der Waals surface area contributed by atoms with E-state index < -0.39 is 0 Å². The van der Waals surface area contributed by atoms with E-state index in [0.29, 0.717) is 12.0 Å². The highest BCUT2D eigenvalue weighted by Crippen LogP contribution is 2.42. The molecular formula is C16H25N3. The van der Waals surface area contributed by atoms with Crippen LogP contribution in [-0.2, 0) is 0 Å². The van der Waals surface area contributed by atoms with Crippen LogP contribution in [0.3, 0.4) is 0 Å². The van der Waals surface area contributed by atoms with Crippen LogP contribution in [0.25, 0.3) is 0 Å². The molecule has 19 heavy (non-hydrogen) atoms. The number of hydrogen-bond acceptors (Lipinski definition) is 3. The lowest BCUT2D eigenvalue weighted by atomic mass is 9.82. The second kappa shape index (κ2) is 5.23. The minimum absolute atomic E-state index is 0.303. The zero-order valence-corrected chi connectivity index (χ0v) is 12.0. The van der Waals surface area contributed by atoms with Gasteiger partial charge in [-0.15, -0.1) is 0 Å². The fourth-order valence-corrected chi connectivity index (χ4v) is 4.00. The molecule has 2 bridgehead atoms. The maximum Gasteiger partial charge on any atom is 0.0489 e. The smallest absolute Gasteiger partial charge is 0.0489 e. The molecule has 3 heteroatoms. The van der Waals surface area contributed by atoms with Crippen LogP contribution in [0.4, 0.5) is 0 Å². The van der Waals surface area contributed by atoms with Gasteiger partial charge in [-0.2, -0.15) is 0 Å². The third-order valence-corrected chi connectivity index (χ3v) is 5.22. The number of benzene rings is 1. The van der Waals surface area contributed by atoms with Gasteiger partial charge in [0, 0.05) is 18.1 Å². The predicted octanol–water partition coefficient (Wildman–Crippen LogP) is 2.37. The van der Waals surface area contributed by atoms with Crippen molar-refractivity contribution in [2.45, 2.75) is 50.7 Å². The van der Waals surface area contributed by atoms with Crippen molar-refractivity contribution in [2.75, 3.05) is 7.05 Å². The number of nitrogens with one attached hydrogen (secondary N) is 1. The van der Waals surface area contributed by atoms with Gasteiger partial charge in [0.05, 0.1) is 0 Å². The van der Waals surface area contributed by atoms with Crippen molar-refractivity contribution in [1.82, 2.24) is 10.3 Å². The number of nitrogens with two attached hydrogens (primary N) is 1. The molecule has 1 aromatic rings. The van der Waals surface area contributed by atoms with Crippen LogP contribution >= 0.6 is 0 Å². The van der Waals surface area contributed by atoms with E-state index in [4.69, 9.17) is 5.84 Å². The molecule has 3 rings (SSSR count). The van der Waals surface area contributed by atoms with Crippen LogP contribution < -0.4 is 11.3 Å². The lowest BCUT2D eigenvalue weighted by Crippen LogP contribution is -2.45. The molecule has 2 aliphatic heterocycles. The number of hydrazine groups is 1. The number of rotatable bonds is 3. The van der Waals surface area contributed by atoms with E-state index in [-0.39, 0.29) is 0 Å². The first-order chi connectivity index (χ1) is 9.19. The van der Waals surface area contributed by atoms with Crippen LogP contribution in [0.15, 0.2) is 24.3 Å². The van der Waals surface area contributed by atoms with Gasteiger partial charge in [-0.05, 0) is 51.1 Å². The van der Waals surface area contributed by atoms with E-state index in [1.807, 2.05) is 0 Å². The van der Waals surface area contributed by atoms with Crippen molar-refractivity contribution >= 4 is 0 Å². The molecule has 3 unspecified atom stereocenters. The first-order valence-corrected chi connectivity index (χ1v) is 7.43. The summed E-state index contributed by atoms with van der Waals surface area (Å²) in [7, 11) is 2.29. The molecule has 3 nitrogen and oxygen atoms in total. The fourth-order valence-electron chi connectivity index (χ4n) is 4.00. The summed E-state index contributed by atoms with van der Waals surface area (Å²) < 4.78 is 0. The highest BCUT2D eigenvalue weighted by molar-refractivity contribution is 5.25. The summed E-state index contributed by atoms with van der Waals surface area (Å²) in [5.74, 6) is 6.52. The maximum atomic E-state index is 5.86. The molecule has 3 N–H and O–H groups in total. The van der Waals surface area contributed by atoms with E-state index in [2.05, 4.69) is 48.6 Å². The van der Waals surface area contributed by atoms with Crippen molar-refractivity contribution in [3.05, 3.63) is 35.4 Å². The highest BCUT2D eigenvalue weighted by atomic mass is 15.2. The van der Waals surface area contributed by atoms with Crippen molar-refractivity contribution in [3.63, 3.8) is 0 Å². The Kier molecular flexibility index (Phi) is 3.61. The monoisotopic (exact) mass is 259 g/mol. The molecule has 0 spiro atoms. The molecule has 0 amide bonds. The SMILES string of the molecule is Cc1ccc(C(NN)C2CC3CCC(C2)N3C)cc1. The molecule has 2 saturated heterocycles. The Balaban J connectivity index is 1.78. The van der Waals surface area contributed by atoms with E-state index in [0.717, 1.165) is 12.1 Å². The second-order valence-electron chi connectivity index (χ2n) is 6.34. The first-order valence-electron chi connectivity index (χ1n) is 7.43. The van der Waals surface area contributed by atoms with Gasteiger partial charge in [-0.25, -0.2) is 0 Å². The van der Waals surface area contributed by atoms with Gasteiger partial charge in [-0.3, -0.25) is 11.3 Å². The average Bonchev–Trinajstić information content (AvgIpc) is 2.65. The second-order valence-corrected chi connectivity index (χ2v) is 6.34. The molecule has 2 fully saturated rings. The lowest BCUT2D eigenvalue weighted by Gasteiger charge is -2.39. The Morgan fingerprint density at radius 3 is 2.26 bits per heavy atom. The van der Waals surface area contributed by atoms with E-state index in [9.17, 15) is 0 Å². The van der Waals surface area contributed by atoms with Crippen LogP contribution in [-0.4, -0.2) is 24.0 Å². The van der Waals surface area contributed by atoms with E-state index in [1.54, 1.807) is 0 Å². The highest BCUT2D eigenvalue weighted by Gasteiger charge is 2.41. The van der Waals surface area contributed by atoms with Gasteiger partial charge in [0.2, 0.25) is 0 Å². The Morgan fingerprint density at radius 2 is 1.74 bits per heavy atom. The minimum Gasteiger partial charge on any atom is -0.300 e. The van der Waals surface area contributed by atoms with Crippen LogP contribution in [0.5, 0.6) is 0 Å². The number of nitrogens with zero attached hydrogens (tertiary/aromatic N) is 1. The zero-order valence-electron chi connectivity index (χ0n) is 12.0. The van der Waals surface area contributed by atoms with Gasteiger partial charge in [0.15, 0.2) is 0 Å². The molecule has 0 saturated carbocycles. The summed E-state index contributed by atoms with van der Waals surface area (Å²) in [6, 6.07) is 10.7. The van der Waals surface area contributed by atoms with Crippen LogP contribution in [0.1, 0.15) is 42.9 Å². The van der Waals surface area contributed by atoms with Crippen molar-refractivity contribution in [1.29, 1.82) is 0 Å². The van der Waals surface area contributed by atoms with Gasteiger partial charge in [0.1, 0.15) is 0 Å². The minimum atomic E-state index is 0.303. The summed E-state index contributed by atoms with van der Waals surface area (Å²) in [5, 5.41) is 0. The number of hydrogen-bond donors (Lipinski definition) is 2. The standard InChI is InChI=1S/C16H25N3/c1-11-3-5-12(6-4-11)16(18-17)13-9-14-7-8-15(10-13)19(14)2/h3-6,13-16,18H,7-10,17H2,1-2H3. The van der Waals surface area contributed by atoms with Crippen LogP contribution in [0.2, 0.25) is 0 Å². The van der Waals surface area contributed by atoms with Gasteiger partial charge >= 0.3 is 0 Å². The fraction of sp³-hybridized carbons (Fsp3) is 0.625. The topological polar surface area (TPSA) is 41.3 Å². The van der Waals surface area contributed by atoms with E-state index >= 15 is 0 Å². The quantitative estimate of drug-likeness (QED) is 0.647. The third-order valence-electron chi connectivity index (χ3n) is 5.22. The van der Waals surface area contributed by atoms with Gasteiger partial charge in [0.25, 0.3) is 0 Å². The largest absolute Gasteiger partial charge is 0.300 e. The Hall–Kier alpha value is -0.900. The summed E-state index contributed by atoms with van der Waals surface area (Å²) >= 11 is 0. The van der Waals surface area contributed by atoms with Crippen molar-refractivity contribution in [3.8, 4) is 0 Å². The number of piperidine rings is 1. The number of aryl methyl sites for hydroxylation is 1. The Labute approximate surface area is 116 Å². The Bertz CT molecular complexity index is 414. The molecule has 3 atom stereocenters. The van der Waals surface area contributed by atoms with Crippen LogP contribution in [0, 0.1) is 12.8 Å². The molecular weight excluding hydrogens is 234 g/mol. The maximum absolute atomic E-state index is 5.86. The molecule has 1 aromatic carbocycles. The summed E-state index contributed by atoms with van der Waals surface area (Å²) in [6.45, 7) is 2.13. The normalized spacial score (nSPS) is 32.5.